The molecule has 0 amide bonds. The second-order valence-electron chi connectivity index (χ2n) is 5.19. The molecule has 0 aromatic rings. The normalized spacial score (nSPS) is 32.4. The first-order chi connectivity index (χ1) is 7.86. The van der Waals surface area contributed by atoms with Gasteiger partial charge in [-0.3, -0.25) is 9.59 Å². The number of carboxylic acid groups (broad SMARTS) is 2. The first-order valence-electron chi connectivity index (χ1n) is 6.01. The van der Waals surface area contributed by atoms with Gasteiger partial charge in [0.05, 0.1) is 10.8 Å². The third-order valence-corrected chi connectivity index (χ3v) is 3.65. The van der Waals surface area contributed by atoms with E-state index in [0.29, 0.717) is 12.8 Å². The van der Waals surface area contributed by atoms with Crippen LogP contribution in [0.2, 0.25) is 0 Å². The minimum Gasteiger partial charge on any atom is -0.481 e. The standard InChI is InChI=1S/C13H20O4/c1-3-4-7-13(11(16)17)8-5-6-12(2,9-13)10(14)15/h5-6H,3-4,7-9H2,1-2H3,(H,14,15)(H,16,17). The quantitative estimate of drug-likeness (QED) is 0.724. The van der Waals surface area contributed by atoms with Gasteiger partial charge in [-0.15, -0.1) is 0 Å². The van der Waals surface area contributed by atoms with Crippen LogP contribution in [-0.2, 0) is 9.59 Å². The Morgan fingerprint density at radius 2 is 1.94 bits per heavy atom. The van der Waals surface area contributed by atoms with E-state index >= 15 is 0 Å². The van der Waals surface area contributed by atoms with Crippen molar-refractivity contribution >= 4 is 11.9 Å². The maximum atomic E-state index is 11.5. The molecule has 1 aliphatic carbocycles. The van der Waals surface area contributed by atoms with Crippen molar-refractivity contribution in [1.82, 2.24) is 0 Å². The SMILES string of the molecule is CCCCC1(C(=O)O)CC=CC(C)(C(=O)O)C1. The molecule has 0 aromatic carbocycles. The van der Waals surface area contributed by atoms with Crippen LogP contribution < -0.4 is 0 Å². The van der Waals surface area contributed by atoms with Gasteiger partial charge in [-0.2, -0.15) is 0 Å². The Morgan fingerprint density at radius 1 is 1.29 bits per heavy atom. The minimum absolute atomic E-state index is 0.182. The van der Waals surface area contributed by atoms with Crippen LogP contribution >= 0.6 is 0 Å². The zero-order valence-electron chi connectivity index (χ0n) is 10.4. The van der Waals surface area contributed by atoms with Gasteiger partial charge in [0.2, 0.25) is 0 Å². The van der Waals surface area contributed by atoms with E-state index in [0.717, 1.165) is 12.8 Å². The van der Waals surface area contributed by atoms with Crippen LogP contribution in [0.25, 0.3) is 0 Å². The first-order valence-corrected chi connectivity index (χ1v) is 6.01. The second kappa shape index (κ2) is 4.90. The maximum Gasteiger partial charge on any atom is 0.313 e. The number of carbonyl (C=O) groups is 2. The van der Waals surface area contributed by atoms with Crippen molar-refractivity contribution in [3.05, 3.63) is 12.2 Å². The Morgan fingerprint density at radius 3 is 2.41 bits per heavy atom. The van der Waals surface area contributed by atoms with Crippen molar-refractivity contribution in [3.8, 4) is 0 Å². The molecule has 2 atom stereocenters. The highest BCUT2D eigenvalue weighted by atomic mass is 16.4. The Bertz CT molecular complexity index is 347. The summed E-state index contributed by atoms with van der Waals surface area (Å²) in [6, 6.07) is 0. The third-order valence-electron chi connectivity index (χ3n) is 3.65. The van der Waals surface area contributed by atoms with E-state index in [1.54, 1.807) is 19.1 Å². The van der Waals surface area contributed by atoms with E-state index in [4.69, 9.17) is 0 Å². The lowest BCUT2D eigenvalue weighted by atomic mass is 9.64. The van der Waals surface area contributed by atoms with Gasteiger partial charge < -0.3 is 10.2 Å². The lowest BCUT2D eigenvalue weighted by Crippen LogP contribution is -2.41. The van der Waals surface area contributed by atoms with Crippen molar-refractivity contribution in [2.24, 2.45) is 10.8 Å². The van der Waals surface area contributed by atoms with Gasteiger partial charge in [-0.05, 0) is 26.2 Å². The molecule has 0 spiro atoms. The van der Waals surface area contributed by atoms with Crippen molar-refractivity contribution in [2.75, 3.05) is 0 Å². The van der Waals surface area contributed by atoms with Gasteiger partial charge in [0.15, 0.2) is 0 Å². The van der Waals surface area contributed by atoms with Gasteiger partial charge in [0, 0.05) is 0 Å². The highest BCUT2D eigenvalue weighted by Crippen LogP contribution is 2.46. The largest absolute Gasteiger partial charge is 0.481 e. The van der Waals surface area contributed by atoms with Crippen LogP contribution in [0.3, 0.4) is 0 Å². The van der Waals surface area contributed by atoms with E-state index in [1.165, 1.54) is 0 Å². The van der Waals surface area contributed by atoms with Crippen LogP contribution in [0, 0.1) is 10.8 Å². The average molecular weight is 240 g/mol. The van der Waals surface area contributed by atoms with E-state index < -0.39 is 22.8 Å². The molecule has 0 aromatic heterocycles. The topological polar surface area (TPSA) is 74.6 Å². The summed E-state index contributed by atoms with van der Waals surface area (Å²) < 4.78 is 0. The molecule has 1 rings (SSSR count). The number of allylic oxidation sites excluding steroid dienone is 1. The van der Waals surface area contributed by atoms with Crippen LogP contribution in [-0.4, -0.2) is 22.2 Å². The molecule has 96 valence electrons. The molecule has 0 fully saturated rings. The first kappa shape index (κ1) is 13.7. The molecule has 2 N–H and O–H groups in total. The number of unbranched alkanes of at least 4 members (excludes halogenated alkanes) is 1. The fourth-order valence-corrected chi connectivity index (χ4v) is 2.50. The molecule has 4 nitrogen and oxygen atoms in total. The van der Waals surface area contributed by atoms with E-state index in [9.17, 15) is 19.8 Å². The van der Waals surface area contributed by atoms with Crippen molar-refractivity contribution < 1.29 is 19.8 Å². The summed E-state index contributed by atoms with van der Waals surface area (Å²) in [6.07, 6.45) is 6.24. The Balaban J connectivity index is 2.98. The summed E-state index contributed by atoms with van der Waals surface area (Å²) in [6.45, 7) is 3.60. The van der Waals surface area contributed by atoms with Gasteiger partial charge >= 0.3 is 11.9 Å². The molecular formula is C13H20O4. The summed E-state index contributed by atoms with van der Waals surface area (Å²) in [5.41, 5.74) is -1.96. The predicted molar refractivity (Wildman–Crippen MR) is 63.7 cm³/mol. The maximum absolute atomic E-state index is 11.5. The second-order valence-corrected chi connectivity index (χ2v) is 5.19. The lowest BCUT2D eigenvalue weighted by molar-refractivity contribution is -0.156. The highest BCUT2D eigenvalue weighted by Gasteiger charge is 2.47. The number of hydrogen-bond acceptors (Lipinski definition) is 2. The van der Waals surface area contributed by atoms with Crippen molar-refractivity contribution in [2.45, 2.75) is 46.0 Å². The van der Waals surface area contributed by atoms with Gasteiger partial charge in [0.1, 0.15) is 0 Å². The zero-order chi connectivity index (χ0) is 13.1. The predicted octanol–water partition coefficient (Wildman–Crippen LogP) is 2.69. The molecule has 2 unspecified atom stereocenters. The lowest BCUT2D eigenvalue weighted by Gasteiger charge is -2.38. The summed E-state index contributed by atoms with van der Waals surface area (Å²) in [5.74, 6) is -1.82. The monoisotopic (exact) mass is 240 g/mol. The third kappa shape index (κ3) is 2.68. The average Bonchev–Trinajstić information content (AvgIpc) is 2.26. The number of rotatable bonds is 5. The van der Waals surface area contributed by atoms with Crippen molar-refractivity contribution in [3.63, 3.8) is 0 Å². The van der Waals surface area contributed by atoms with Gasteiger partial charge in [0.25, 0.3) is 0 Å². The van der Waals surface area contributed by atoms with Crippen LogP contribution in [0.15, 0.2) is 12.2 Å². The van der Waals surface area contributed by atoms with E-state index in [-0.39, 0.29) is 6.42 Å². The minimum atomic E-state index is -1.05. The molecule has 0 aliphatic heterocycles. The Labute approximate surface area is 101 Å². The Hall–Kier alpha value is -1.32. The van der Waals surface area contributed by atoms with Gasteiger partial charge in [-0.25, -0.2) is 0 Å². The van der Waals surface area contributed by atoms with E-state index in [2.05, 4.69) is 0 Å². The fourth-order valence-electron chi connectivity index (χ4n) is 2.50. The summed E-state index contributed by atoms with van der Waals surface area (Å²) in [5, 5.41) is 18.6. The highest BCUT2D eigenvalue weighted by molar-refractivity contribution is 5.81. The van der Waals surface area contributed by atoms with Gasteiger partial charge in [-0.1, -0.05) is 31.9 Å². The van der Waals surface area contributed by atoms with Crippen LogP contribution in [0.4, 0.5) is 0 Å². The molecule has 0 bridgehead atoms. The molecule has 17 heavy (non-hydrogen) atoms. The van der Waals surface area contributed by atoms with Crippen molar-refractivity contribution in [1.29, 1.82) is 0 Å². The van der Waals surface area contributed by atoms with Crippen LogP contribution in [0.1, 0.15) is 46.0 Å². The summed E-state index contributed by atoms with van der Waals surface area (Å²) in [7, 11) is 0. The Kier molecular flexibility index (Phi) is 3.96. The molecule has 0 saturated heterocycles. The molecule has 4 heteroatoms. The number of aliphatic carboxylic acids is 2. The zero-order valence-corrected chi connectivity index (χ0v) is 10.4. The van der Waals surface area contributed by atoms with E-state index in [1.807, 2.05) is 6.92 Å². The summed E-state index contributed by atoms with van der Waals surface area (Å²) >= 11 is 0. The molecule has 0 saturated carbocycles. The fraction of sp³-hybridized carbons (Fsp3) is 0.692. The smallest absolute Gasteiger partial charge is 0.313 e. The number of carboxylic acids is 2. The molecule has 0 heterocycles. The summed E-state index contributed by atoms with van der Waals surface area (Å²) in [4.78, 5) is 22.7. The molecule has 0 radical (unpaired) electrons. The molecule has 1 aliphatic rings. The van der Waals surface area contributed by atoms with Crippen LogP contribution in [0.5, 0.6) is 0 Å². The number of hydrogen-bond donors (Lipinski definition) is 2. The molecular weight excluding hydrogens is 220 g/mol.